The predicted octanol–water partition coefficient (Wildman–Crippen LogP) is 3.31. The van der Waals surface area contributed by atoms with E-state index in [9.17, 15) is 0 Å². The molecule has 1 heterocycles. The number of benzene rings is 1. The first-order valence-electron chi connectivity index (χ1n) is 6.19. The van der Waals surface area contributed by atoms with Crippen LogP contribution < -0.4 is 10.2 Å². The Labute approximate surface area is 119 Å². The number of nitrogens with zero attached hydrogens (tertiary/aromatic N) is 3. The van der Waals surface area contributed by atoms with E-state index in [1.165, 1.54) is 0 Å². The fourth-order valence-electron chi connectivity index (χ4n) is 1.99. The summed E-state index contributed by atoms with van der Waals surface area (Å²) in [4.78, 5) is 2.06. The first-order chi connectivity index (χ1) is 8.97. The van der Waals surface area contributed by atoms with Crippen LogP contribution >= 0.6 is 11.6 Å². The molecule has 0 saturated heterocycles. The van der Waals surface area contributed by atoms with Crippen LogP contribution in [0.15, 0.2) is 30.6 Å². The Balaban J connectivity index is 2.25. The van der Waals surface area contributed by atoms with E-state index < -0.39 is 0 Å². The van der Waals surface area contributed by atoms with Crippen LogP contribution in [0.3, 0.4) is 0 Å². The molecule has 19 heavy (non-hydrogen) atoms. The third-order valence-electron chi connectivity index (χ3n) is 3.04. The normalized spacial score (nSPS) is 12.3. The van der Waals surface area contributed by atoms with Crippen molar-refractivity contribution in [2.24, 2.45) is 7.05 Å². The van der Waals surface area contributed by atoms with Crippen LogP contribution in [0.5, 0.6) is 0 Å². The molecule has 5 heteroatoms. The number of hydrogen-bond donors (Lipinski definition) is 1. The molecular formula is C14H19ClN4. The molecule has 0 radical (unpaired) electrons. The van der Waals surface area contributed by atoms with Crippen molar-refractivity contribution in [3.05, 3.63) is 41.2 Å². The molecule has 4 nitrogen and oxygen atoms in total. The van der Waals surface area contributed by atoms with Gasteiger partial charge in [-0.05, 0) is 25.1 Å². The van der Waals surface area contributed by atoms with Crippen molar-refractivity contribution in [2.75, 3.05) is 24.3 Å². The maximum absolute atomic E-state index is 6.08. The maximum atomic E-state index is 6.08. The van der Waals surface area contributed by atoms with Gasteiger partial charge in [-0.25, -0.2) is 0 Å². The lowest BCUT2D eigenvalue weighted by molar-refractivity contribution is 0.765. The average Bonchev–Trinajstić information content (AvgIpc) is 2.75. The van der Waals surface area contributed by atoms with E-state index in [1.807, 2.05) is 51.7 Å². The Bertz CT molecular complexity index is 562. The number of aromatic nitrogens is 2. The maximum Gasteiger partial charge on any atom is 0.0598 e. The number of aryl methyl sites for hydroxylation is 1. The molecule has 0 aliphatic heterocycles. The Morgan fingerprint density at radius 2 is 2.11 bits per heavy atom. The Morgan fingerprint density at radius 3 is 2.68 bits per heavy atom. The SMILES string of the molecule is CC(Nc1cc(Cl)ccc1N(C)C)c1cnn(C)c1. The minimum absolute atomic E-state index is 0.172. The van der Waals surface area contributed by atoms with Crippen molar-refractivity contribution in [1.29, 1.82) is 0 Å². The van der Waals surface area contributed by atoms with Crippen molar-refractivity contribution < 1.29 is 0 Å². The Kier molecular flexibility index (Phi) is 4.00. The van der Waals surface area contributed by atoms with Gasteiger partial charge in [0.05, 0.1) is 23.6 Å². The lowest BCUT2D eigenvalue weighted by atomic mass is 10.1. The van der Waals surface area contributed by atoms with E-state index in [2.05, 4.69) is 22.2 Å². The van der Waals surface area contributed by atoms with Gasteiger partial charge in [-0.3, -0.25) is 4.68 Å². The van der Waals surface area contributed by atoms with Crippen LogP contribution in [-0.4, -0.2) is 23.9 Å². The van der Waals surface area contributed by atoms with Gasteiger partial charge in [0, 0.05) is 37.9 Å². The van der Waals surface area contributed by atoms with Gasteiger partial charge in [-0.15, -0.1) is 0 Å². The highest BCUT2D eigenvalue weighted by atomic mass is 35.5. The molecule has 0 bridgehead atoms. The number of anilines is 2. The highest BCUT2D eigenvalue weighted by Gasteiger charge is 2.11. The summed E-state index contributed by atoms with van der Waals surface area (Å²) in [5.41, 5.74) is 3.28. The highest BCUT2D eigenvalue weighted by molar-refractivity contribution is 6.31. The van der Waals surface area contributed by atoms with E-state index in [0.717, 1.165) is 22.0 Å². The molecule has 0 aliphatic carbocycles. The van der Waals surface area contributed by atoms with Crippen LogP contribution in [-0.2, 0) is 7.05 Å². The summed E-state index contributed by atoms with van der Waals surface area (Å²) in [6.45, 7) is 2.11. The number of nitrogens with one attached hydrogen (secondary N) is 1. The average molecular weight is 279 g/mol. The molecule has 2 rings (SSSR count). The largest absolute Gasteiger partial charge is 0.377 e. The van der Waals surface area contributed by atoms with Crippen LogP contribution in [0, 0.1) is 0 Å². The standard InChI is InChI=1S/C14H19ClN4/c1-10(11-8-16-19(4)9-11)17-13-7-12(15)5-6-14(13)18(2)3/h5-10,17H,1-4H3. The minimum Gasteiger partial charge on any atom is -0.377 e. The van der Waals surface area contributed by atoms with Crippen molar-refractivity contribution in [3.8, 4) is 0 Å². The minimum atomic E-state index is 0.172. The second kappa shape index (κ2) is 5.53. The molecule has 1 atom stereocenters. The topological polar surface area (TPSA) is 33.1 Å². The van der Waals surface area contributed by atoms with Gasteiger partial charge in [-0.1, -0.05) is 11.6 Å². The lowest BCUT2D eigenvalue weighted by Crippen LogP contribution is -2.14. The molecule has 0 fully saturated rings. The van der Waals surface area contributed by atoms with Gasteiger partial charge in [0.2, 0.25) is 0 Å². The molecule has 2 aromatic rings. The highest BCUT2D eigenvalue weighted by Crippen LogP contribution is 2.30. The number of halogens is 1. The van der Waals surface area contributed by atoms with Crippen LogP contribution in [0.1, 0.15) is 18.5 Å². The van der Waals surface area contributed by atoms with E-state index in [1.54, 1.807) is 4.68 Å². The summed E-state index contributed by atoms with van der Waals surface area (Å²) in [7, 11) is 5.95. The van der Waals surface area contributed by atoms with Crippen molar-refractivity contribution in [2.45, 2.75) is 13.0 Å². The summed E-state index contributed by atoms with van der Waals surface area (Å²) in [5.74, 6) is 0. The van der Waals surface area contributed by atoms with Gasteiger partial charge in [0.1, 0.15) is 0 Å². The van der Waals surface area contributed by atoms with E-state index in [-0.39, 0.29) is 6.04 Å². The molecule has 1 N–H and O–H groups in total. The lowest BCUT2D eigenvalue weighted by Gasteiger charge is -2.21. The molecule has 0 spiro atoms. The molecule has 0 amide bonds. The summed E-state index contributed by atoms with van der Waals surface area (Å²) < 4.78 is 1.80. The predicted molar refractivity (Wildman–Crippen MR) is 81.0 cm³/mol. The summed E-state index contributed by atoms with van der Waals surface area (Å²) in [6.07, 6.45) is 3.88. The fourth-order valence-corrected chi connectivity index (χ4v) is 2.17. The van der Waals surface area contributed by atoms with Gasteiger partial charge < -0.3 is 10.2 Å². The third-order valence-corrected chi connectivity index (χ3v) is 3.27. The van der Waals surface area contributed by atoms with Crippen LogP contribution in [0.25, 0.3) is 0 Å². The van der Waals surface area contributed by atoms with Crippen LogP contribution in [0.2, 0.25) is 5.02 Å². The number of hydrogen-bond acceptors (Lipinski definition) is 3. The van der Waals surface area contributed by atoms with E-state index in [4.69, 9.17) is 11.6 Å². The van der Waals surface area contributed by atoms with Gasteiger partial charge in [-0.2, -0.15) is 5.10 Å². The molecule has 1 aromatic carbocycles. The van der Waals surface area contributed by atoms with Gasteiger partial charge >= 0.3 is 0 Å². The zero-order valence-corrected chi connectivity index (χ0v) is 12.4. The third kappa shape index (κ3) is 3.20. The fraction of sp³-hybridized carbons (Fsp3) is 0.357. The van der Waals surface area contributed by atoms with Crippen LogP contribution in [0.4, 0.5) is 11.4 Å². The molecule has 102 valence electrons. The zero-order chi connectivity index (χ0) is 14.0. The monoisotopic (exact) mass is 278 g/mol. The smallest absolute Gasteiger partial charge is 0.0598 e. The second-order valence-corrected chi connectivity index (χ2v) is 5.31. The second-order valence-electron chi connectivity index (χ2n) is 4.87. The van der Waals surface area contributed by atoms with Gasteiger partial charge in [0.25, 0.3) is 0 Å². The molecule has 0 aliphatic rings. The quantitative estimate of drug-likeness (QED) is 0.931. The van der Waals surface area contributed by atoms with E-state index in [0.29, 0.717) is 0 Å². The Morgan fingerprint density at radius 1 is 1.37 bits per heavy atom. The number of rotatable bonds is 4. The van der Waals surface area contributed by atoms with Crippen molar-refractivity contribution in [1.82, 2.24) is 9.78 Å². The van der Waals surface area contributed by atoms with Gasteiger partial charge in [0.15, 0.2) is 0 Å². The summed E-state index contributed by atoms with van der Waals surface area (Å²) >= 11 is 6.08. The first-order valence-corrected chi connectivity index (χ1v) is 6.57. The van der Waals surface area contributed by atoms with E-state index >= 15 is 0 Å². The Hall–Kier alpha value is -1.68. The summed E-state index contributed by atoms with van der Waals surface area (Å²) in [6, 6.07) is 6.03. The molecular weight excluding hydrogens is 260 g/mol. The van der Waals surface area contributed by atoms with Crippen molar-refractivity contribution in [3.63, 3.8) is 0 Å². The summed E-state index contributed by atoms with van der Waals surface area (Å²) in [5, 5.41) is 8.41. The molecule has 1 aromatic heterocycles. The molecule has 0 saturated carbocycles. The van der Waals surface area contributed by atoms with Crippen molar-refractivity contribution >= 4 is 23.0 Å². The molecule has 1 unspecified atom stereocenters. The zero-order valence-electron chi connectivity index (χ0n) is 11.7. The first kappa shape index (κ1) is 13.7.